The molecule has 146 valence electrons. The fraction of sp³-hybridized carbons (Fsp3) is 0.444. The van der Waals surface area contributed by atoms with E-state index in [1.807, 2.05) is 27.7 Å². The van der Waals surface area contributed by atoms with Gasteiger partial charge in [0.2, 0.25) is 5.91 Å². The topological polar surface area (TPSA) is 125 Å². The third-order valence-corrected chi connectivity index (χ3v) is 4.81. The van der Waals surface area contributed by atoms with Crippen LogP contribution in [0.15, 0.2) is 17.6 Å². The minimum Gasteiger partial charge on any atom is -0.507 e. The Hall–Kier alpha value is -2.52. The Balaban J connectivity index is 2.47. The lowest BCUT2D eigenvalue weighted by molar-refractivity contribution is -0.118. The molecule has 1 amide bonds. The van der Waals surface area contributed by atoms with Crippen LogP contribution in [0.25, 0.3) is 6.08 Å². The number of aromatic carboxylic acids is 1. The van der Waals surface area contributed by atoms with Gasteiger partial charge in [0.25, 0.3) is 0 Å². The first kappa shape index (κ1) is 20.8. The number of amides is 1. The molecule has 0 aliphatic carbocycles. The number of carbonyl (C=O) groups excluding carboxylic acids is 1. The van der Waals surface area contributed by atoms with Crippen LogP contribution in [0.3, 0.4) is 0 Å². The second kappa shape index (κ2) is 7.24. The summed E-state index contributed by atoms with van der Waals surface area (Å²) in [5.41, 5.74) is -0.944. The van der Waals surface area contributed by atoms with Crippen LogP contribution in [0, 0.1) is 0 Å². The molecule has 4 N–H and O–H groups in total. The minimum absolute atomic E-state index is 0.0783. The highest BCUT2D eigenvalue weighted by molar-refractivity contribution is 6.56. The smallest absolute Gasteiger partial charge is 0.492 e. The number of carbonyl (C=O) groups is 2. The molecule has 0 radical (unpaired) electrons. The molecular weight excluding hydrogens is 353 g/mol. The van der Waals surface area contributed by atoms with Crippen LogP contribution in [-0.4, -0.2) is 52.1 Å². The number of aromatic hydroxyl groups is 2. The Morgan fingerprint density at radius 1 is 1.11 bits per heavy atom. The van der Waals surface area contributed by atoms with Crippen LogP contribution < -0.4 is 5.32 Å². The fourth-order valence-electron chi connectivity index (χ4n) is 2.50. The van der Waals surface area contributed by atoms with Gasteiger partial charge in [-0.05, 0) is 39.2 Å². The normalized spacial score (nSPS) is 18.4. The molecule has 1 fully saturated rings. The predicted molar refractivity (Wildman–Crippen MR) is 99.5 cm³/mol. The molecule has 2 rings (SSSR count). The van der Waals surface area contributed by atoms with Crippen LogP contribution in [0.4, 0.5) is 0 Å². The molecule has 0 unspecified atom stereocenters. The lowest BCUT2D eigenvalue weighted by Crippen LogP contribution is -2.41. The van der Waals surface area contributed by atoms with Crippen molar-refractivity contribution in [3.8, 4) is 11.5 Å². The summed E-state index contributed by atoms with van der Waals surface area (Å²) >= 11 is 0. The third kappa shape index (κ3) is 4.43. The maximum absolute atomic E-state index is 11.3. The highest BCUT2D eigenvalue weighted by atomic mass is 16.7. The zero-order valence-electron chi connectivity index (χ0n) is 16.0. The Labute approximate surface area is 157 Å². The molecule has 1 saturated heterocycles. The molecule has 0 atom stereocenters. The molecule has 1 aromatic rings. The maximum Gasteiger partial charge on any atom is 0.492 e. The van der Waals surface area contributed by atoms with E-state index in [0.29, 0.717) is 5.47 Å². The molecule has 1 aliphatic rings. The monoisotopic (exact) mass is 377 g/mol. The van der Waals surface area contributed by atoms with Crippen molar-refractivity contribution in [1.29, 1.82) is 0 Å². The van der Waals surface area contributed by atoms with Gasteiger partial charge in [0.1, 0.15) is 17.1 Å². The summed E-state index contributed by atoms with van der Waals surface area (Å²) in [4.78, 5) is 22.6. The summed E-state index contributed by atoms with van der Waals surface area (Å²) in [5, 5.41) is 31.6. The Kier molecular flexibility index (Phi) is 5.58. The molecule has 0 saturated carbocycles. The lowest BCUT2D eigenvalue weighted by Gasteiger charge is -2.32. The van der Waals surface area contributed by atoms with Gasteiger partial charge in [-0.1, -0.05) is 6.08 Å². The number of hydrogen-bond acceptors (Lipinski definition) is 6. The largest absolute Gasteiger partial charge is 0.507 e. The summed E-state index contributed by atoms with van der Waals surface area (Å²) in [6.07, 6.45) is 1.49. The van der Waals surface area contributed by atoms with Crippen molar-refractivity contribution in [3.05, 3.63) is 28.7 Å². The van der Waals surface area contributed by atoms with Crippen LogP contribution in [0.1, 0.15) is 50.5 Å². The quantitative estimate of drug-likeness (QED) is 0.578. The first-order valence-corrected chi connectivity index (χ1v) is 8.44. The molecule has 1 aromatic carbocycles. The van der Waals surface area contributed by atoms with E-state index in [1.54, 1.807) is 0 Å². The fourth-order valence-corrected chi connectivity index (χ4v) is 2.50. The minimum atomic E-state index is -1.33. The molecule has 0 bridgehead atoms. The second-order valence-electron chi connectivity index (χ2n) is 7.45. The van der Waals surface area contributed by atoms with Crippen molar-refractivity contribution in [2.45, 2.75) is 45.8 Å². The number of benzene rings is 1. The van der Waals surface area contributed by atoms with Crippen LogP contribution in [0.5, 0.6) is 11.5 Å². The van der Waals surface area contributed by atoms with E-state index >= 15 is 0 Å². The number of phenols is 2. The maximum atomic E-state index is 11.3. The van der Waals surface area contributed by atoms with Gasteiger partial charge in [0.05, 0.1) is 11.2 Å². The number of hydrogen-bond donors (Lipinski definition) is 4. The molecule has 0 spiro atoms. The molecule has 27 heavy (non-hydrogen) atoms. The molecule has 9 heteroatoms. The summed E-state index contributed by atoms with van der Waals surface area (Å²) in [6.45, 7) is 8.96. The highest BCUT2D eigenvalue weighted by Crippen LogP contribution is 2.39. The van der Waals surface area contributed by atoms with Gasteiger partial charge in [0.15, 0.2) is 0 Å². The molecule has 8 nitrogen and oxygen atoms in total. The van der Waals surface area contributed by atoms with E-state index in [-0.39, 0.29) is 29.3 Å². The molecule has 1 heterocycles. The van der Waals surface area contributed by atoms with Crippen molar-refractivity contribution < 1.29 is 34.2 Å². The van der Waals surface area contributed by atoms with Crippen molar-refractivity contribution in [2.75, 3.05) is 6.54 Å². The summed E-state index contributed by atoms with van der Waals surface area (Å²) in [6, 6.07) is 2.10. The Morgan fingerprint density at radius 2 is 1.67 bits per heavy atom. The van der Waals surface area contributed by atoms with Crippen molar-refractivity contribution in [3.63, 3.8) is 0 Å². The average molecular weight is 377 g/mol. The standard InChI is InChI=1S/C18H24BNO7/c1-10(21)20-9-12(19-26-17(2,3)18(4,5)27-19)6-11-7-13(16(24)25)15(23)8-14(11)22/h6-8,22-23H,9H2,1-5H3,(H,20,21)(H,24,25). The average Bonchev–Trinajstić information content (AvgIpc) is 2.72. The summed E-state index contributed by atoms with van der Waals surface area (Å²) in [5.74, 6) is -2.45. The number of carboxylic acids is 1. The SMILES string of the molecule is CC(=O)NCC(=Cc1cc(C(=O)O)c(O)cc1O)B1OC(C)(C)C(C)(C)O1. The van der Waals surface area contributed by atoms with Crippen molar-refractivity contribution >= 4 is 25.1 Å². The van der Waals surface area contributed by atoms with E-state index < -0.39 is 30.0 Å². The van der Waals surface area contributed by atoms with Gasteiger partial charge >= 0.3 is 13.1 Å². The van der Waals surface area contributed by atoms with Crippen LogP contribution in [-0.2, 0) is 14.1 Å². The highest BCUT2D eigenvalue weighted by Gasteiger charge is 2.52. The van der Waals surface area contributed by atoms with Gasteiger partial charge in [-0.25, -0.2) is 4.79 Å². The number of phenolic OH excluding ortho intramolecular Hbond substituents is 1. The lowest BCUT2D eigenvalue weighted by atomic mass is 9.76. The van der Waals surface area contributed by atoms with Gasteiger partial charge in [0, 0.05) is 25.1 Å². The van der Waals surface area contributed by atoms with E-state index in [4.69, 9.17) is 9.31 Å². The van der Waals surface area contributed by atoms with Gasteiger partial charge in [-0.2, -0.15) is 0 Å². The predicted octanol–water partition coefficient (Wildman–Crippen LogP) is 1.95. The van der Waals surface area contributed by atoms with E-state index in [0.717, 1.165) is 12.1 Å². The van der Waals surface area contributed by atoms with Crippen molar-refractivity contribution in [1.82, 2.24) is 5.32 Å². The summed E-state index contributed by atoms with van der Waals surface area (Å²) < 4.78 is 12.0. The van der Waals surface area contributed by atoms with Crippen LogP contribution in [0.2, 0.25) is 0 Å². The molecular formula is C18H24BNO7. The van der Waals surface area contributed by atoms with Gasteiger partial charge in [-0.15, -0.1) is 0 Å². The number of nitrogens with one attached hydrogen (secondary N) is 1. The van der Waals surface area contributed by atoms with Gasteiger partial charge < -0.3 is 29.9 Å². The zero-order valence-corrected chi connectivity index (χ0v) is 16.0. The molecule has 0 aromatic heterocycles. The Morgan fingerprint density at radius 3 is 2.15 bits per heavy atom. The van der Waals surface area contributed by atoms with E-state index in [1.165, 1.54) is 13.0 Å². The number of carboxylic acid groups (broad SMARTS) is 1. The first-order chi connectivity index (χ1) is 12.3. The molecule has 1 aliphatic heterocycles. The second-order valence-corrected chi connectivity index (χ2v) is 7.45. The van der Waals surface area contributed by atoms with E-state index in [2.05, 4.69) is 5.32 Å². The Bertz CT molecular complexity index is 785. The van der Waals surface area contributed by atoms with Crippen LogP contribution >= 0.6 is 0 Å². The summed E-state index contributed by atoms with van der Waals surface area (Å²) in [7, 11) is -0.802. The van der Waals surface area contributed by atoms with Crippen molar-refractivity contribution in [2.24, 2.45) is 0 Å². The first-order valence-electron chi connectivity index (χ1n) is 8.44. The third-order valence-electron chi connectivity index (χ3n) is 4.81. The zero-order chi connectivity index (χ0) is 20.6. The van der Waals surface area contributed by atoms with Gasteiger partial charge in [-0.3, -0.25) is 4.79 Å². The van der Waals surface area contributed by atoms with E-state index in [9.17, 15) is 24.9 Å². The number of rotatable bonds is 5.